The molecular weight excluding hydrogens is 230 g/mol. The summed E-state index contributed by atoms with van der Waals surface area (Å²) in [6, 6.07) is 11.2. The number of nitrogens with one attached hydrogen (secondary N) is 1. The fraction of sp³-hybridized carbons (Fsp3) is 0.214. The van der Waals surface area contributed by atoms with E-state index in [1.165, 1.54) is 0 Å². The van der Waals surface area contributed by atoms with Crippen molar-refractivity contribution in [3.8, 4) is 5.75 Å². The third kappa shape index (κ3) is 3.38. The summed E-state index contributed by atoms with van der Waals surface area (Å²) < 4.78 is 10.5. The van der Waals surface area contributed by atoms with Crippen LogP contribution in [-0.2, 0) is 4.74 Å². The largest absolute Gasteiger partial charge is 0.490 e. The Morgan fingerprint density at radius 3 is 2.83 bits per heavy atom. The first-order chi connectivity index (χ1) is 8.75. The van der Waals surface area contributed by atoms with Gasteiger partial charge in [-0.15, -0.1) is 0 Å². The second kappa shape index (κ2) is 5.91. The molecule has 0 aliphatic carbocycles. The first-order valence-electron chi connectivity index (χ1n) is 5.76. The lowest BCUT2D eigenvalue weighted by Crippen LogP contribution is -2.12. The summed E-state index contributed by atoms with van der Waals surface area (Å²) in [5.74, 6) is 0.416. The molecule has 0 aliphatic heterocycles. The molecule has 0 saturated heterocycles. The second-order valence-corrected chi connectivity index (χ2v) is 3.88. The van der Waals surface area contributed by atoms with E-state index in [9.17, 15) is 4.79 Å². The molecule has 0 radical (unpaired) electrons. The van der Waals surface area contributed by atoms with E-state index in [0.29, 0.717) is 12.3 Å². The highest BCUT2D eigenvalue weighted by Gasteiger charge is 2.06. The van der Waals surface area contributed by atoms with Crippen molar-refractivity contribution in [2.75, 3.05) is 13.2 Å². The molecule has 0 unspecified atom stereocenters. The Balaban J connectivity index is 1.72. The van der Waals surface area contributed by atoms with Gasteiger partial charge >= 0.3 is 5.97 Å². The summed E-state index contributed by atoms with van der Waals surface area (Å²) in [4.78, 5) is 14.2. The SMILES string of the molecule is Cc1cccc(OCCOC(=O)c2ccc[nH]2)c1. The first-order valence-corrected chi connectivity index (χ1v) is 5.76. The van der Waals surface area contributed by atoms with Crippen molar-refractivity contribution in [2.45, 2.75) is 6.92 Å². The van der Waals surface area contributed by atoms with Crippen LogP contribution in [0.15, 0.2) is 42.6 Å². The van der Waals surface area contributed by atoms with E-state index >= 15 is 0 Å². The van der Waals surface area contributed by atoms with Gasteiger partial charge in [0.2, 0.25) is 0 Å². The van der Waals surface area contributed by atoms with E-state index in [0.717, 1.165) is 11.3 Å². The van der Waals surface area contributed by atoms with Gasteiger partial charge in [-0.25, -0.2) is 4.79 Å². The third-order valence-electron chi connectivity index (χ3n) is 2.39. The number of carbonyl (C=O) groups is 1. The van der Waals surface area contributed by atoms with Gasteiger partial charge in [-0.1, -0.05) is 12.1 Å². The van der Waals surface area contributed by atoms with Crippen molar-refractivity contribution in [2.24, 2.45) is 0 Å². The summed E-state index contributed by atoms with van der Waals surface area (Å²) in [7, 11) is 0. The van der Waals surface area contributed by atoms with Crippen LogP contribution in [-0.4, -0.2) is 24.2 Å². The Hall–Kier alpha value is -2.23. The number of ether oxygens (including phenoxy) is 2. The number of rotatable bonds is 5. The Labute approximate surface area is 106 Å². The van der Waals surface area contributed by atoms with Gasteiger partial charge in [0.1, 0.15) is 24.7 Å². The third-order valence-corrected chi connectivity index (χ3v) is 2.39. The highest BCUT2D eigenvalue weighted by molar-refractivity contribution is 5.87. The molecule has 4 heteroatoms. The molecule has 1 aromatic heterocycles. The van der Waals surface area contributed by atoms with Crippen molar-refractivity contribution in [3.05, 3.63) is 53.9 Å². The zero-order valence-electron chi connectivity index (χ0n) is 10.2. The molecule has 1 aromatic carbocycles. The predicted molar refractivity (Wildman–Crippen MR) is 67.7 cm³/mol. The van der Waals surface area contributed by atoms with Crippen molar-refractivity contribution in [1.82, 2.24) is 4.98 Å². The van der Waals surface area contributed by atoms with Gasteiger partial charge in [0, 0.05) is 6.20 Å². The predicted octanol–water partition coefficient (Wildman–Crippen LogP) is 2.56. The second-order valence-electron chi connectivity index (χ2n) is 3.88. The average molecular weight is 245 g/mol. The minimum Gasteiger partial charge on any atom is -0.490 e. The zero-order chi connectivity index (χ0) is 12.8. The van der Waals surface area contributed by atoms with E-state index < -0.39 is 0 Å². The fourth-order valence-corrected chi connectivity index (χ4v) is 1.53. The molecule has 0 bridgehead atoms. The summed E-state index contributed by atoms with van der Waals surface area (Å²) >= 11 is 0. The smallest absolute Gasteiger partial charge is 0.354 e. The number of H-pyrrole nitrogens is 1. The fourth-order valence-electron chi connectivity index (χ4n) is 1.53. The highest BCUT2D eigenvalue weighted by Crippen LogP contribution is 2.11. The number of hydrogen-bond acceptors (Lipinski definition) is 3. The average Bonchev–Trinajstić information content (AvgIpc) is 2.88. The maximum absolute atomic E-state index is 11.5. The van der Waals surface area contributed by atoms with Crippen molar-refractivity contribution in [1.29, 1.82) is 0 Å². The van der Waals surface area contributed by atoms with E-state index in [1.54, 1.807) is 18.3 Å². The topological polar surface area (TPSA) is 51.3 Å². The molecule has 2 aromatic rings. The van der Waals surface area contributed by atoms with Crippen LogP contribution in [0.1, 0.15) is 16.1 Å². The molecule has 94 valence electrons. The molecule has 18 heavy (non-hydrogen) atoms. The number of aryl methyl sites for hydroxylation is 1. The lowest BCUT2D eigenvalue weighted by atomic mass is 10.2. The molecule has 0 saturated carbocycles. The molecule has 0 spiro atoms. The van der Waals surface area contributed by atoms with E-state index in [1.807, 2.05) is 31.2 Å². The lowest BCUT2D eigenvalue weighted by Gasteiger charge is -2.07. The highest BCUT2D eigenvalue weighted by atomic mass is 16.6. The van der Waals surface area contributed by atoms with Gasteiger partial charge in [0.25, 0.3) is 0 Å². The number of hydrogen-bond donors (Lipinski definition) is 1. The van der Waals surface area contributed by atoms with E-state index in [2.05, 4.69) is 4.98 Å². The first kappa shape index (κ1) is 12.2. The number of benzene rings is 1. The molecule has 0 atom stereocenters. The van der Waals surface area contributed by atoms with E-state index in [-0.39, 0.29) is 12.6 Å². The molecule has 4 nitrogen and oxygen atoms in total. The summed E-state index contributed by atoms with van der Waals surface area (Å²) in [6.07, 6.45) is 1.68. The molecule has 1 N–H and O–H groups in total. The van der Waals surface area contributed by atoms with Crippen LogP contribution in [0.3, 0.4) is 0 Å². The van der Waals surface area contributed by atoms with Gasteiger partial charge in [0.05, 0.1) is 0 Å². The minimum absolute atomic E-state index is 0.228. The normalized spacial score (nSPS) is 10.1. The van der Waals surface area contributed by atoms with Crippen molar-refractivity contribution < 1.29 is 14.3 Å². The van der Waals surface area contributed by atoms with Crippen LogP contribution in [0.25, 0.3) is 0 Å². The maximum atomic E-state index is 11.5. The summed E-state index contributed by atoms with van der Waals surface area (Å²) in [5, 5.41) is 0. The number of esters is 1. The van der Waals surface area contributed by atoms with Gasteiger partial charge in [-0.05, 0) is 36.8 Å². The lowest BCUT2D eigenvalue weighted by molar-refractivity contribution is 0.0444. The molecule has 0 fully saturated rings. The summed E-state index contributed by atoms with van der Waals surface area (Å²) in [6.45, 7) is 2.57. The molecule has 1 heterocycles. The monoisotopic (exact) mass is 245 g/mol. The quantitative estimate of drug-likeness (QED) is 0.650. The van der Waals surface area contributed by atoms with Crippen LogP contribution in [0.4, 0.5) is 0 Å². The van der Waals surface area contributed by atoms with E-state index in [4.69, 9.17) is 9.47 Å². The van der Waals surface area contributed by atoms with Crippen LogP contribution in [0.5, 0.6) is 5.75 Å². The molecule has 0 amide bonds. The zero-order valence-corrected chi connectivity index (χ0v) is 10.2. The molecule has 0 aliphatic rings. The van der Waals surface area contributed by atoms with Crippen LogP contribution in [0.2, 0.25) is 0 Å². The maximum Gasteiger partial charge on any atom is 0.354 e. The van der Waals surface area contributed by atoms with Crippen molar-refractivity contribution in [3.63, 3.8) is 0 Å². The van der Waals surface area contributed by atoms with Crippen LogP contribution < -0.4 is 4.74 Å². The number of aromatic nitrogens is 1. The standard InChI is InChI=1S/C14H15NO3/c1-11-4-2-5-12(10-11)17-8-9-18-14(16)13-6-3-7-15-13/h2-7,10,15H,8-9H2,1H3. The minimum atomic E-state index is -0.368. The van der Waals surface area contributed by atoms with Gasteiger partial charge in [-0.2, -0.15) is 0 Å². The van der Waals surface area contributed by atoms with Gasteiger partial charge < -0.3 is 14.5 Å². The Bertz CT molecular complexity index is 506. The molecular formula is C14H15NO3. The number of aromatic amines is 1. The Morgan fingerprint density at radius 2 is 2.11 bits per heavy atom. The number of carbonyl (C=O) groups excluding carboxylic acids is 1. The Kier molecular flexibility index (Phi) is 4.02. The van der Waals surface area contributed by atoms with Gasteiger partial charge in [-0.3, -0.25) is 0 Å². The van der Waals surface area contributed by atoms with Crippen LogP contribution >= 0.6 is 0 Å². The van der Waals surface area contributed by atoms with Crippen LogP contribution in [0, 0.1) is 6.92 Å². The Morgan fingerprint density at radius 1 is 1.22 bits per heavy atom. The summed E-state index contributed by atoms with van der Waals surface area (Å²) in [5.41, 5.74) is 1.58. The van der Waals surface area contributed by atoms with Gasteiger partial charge in [0.15, 0.2) is 0 Å². The molecule has 2 rings (SSSR count). The van der Waals surface area contributed by atoms with Crippen molar-refractivity contribution >= 4 is 5.97 Å².